The van der Waals surface area contributed by atoms with E-state index in [0.29, 0.717) is 23.1 Å². The molecule has 3 aliphatic rings. The van der Waals surface area contributed by atoms with Crippen LogP contribution in [0.25, 0.3) is 0 Å². The first kappa shape index (κ1) is 18.5. The number of ether oxygens (including phenoxy) is 2. The highest BCUT2D eigenvalue weighted by Crippen LogP contribution is 2.35. The third-order valence-corrected chi connectivity index (χ3v) is 5.55. The van der Waals surface area contributed by atoms with E-state index < -0.39 is 17.4 Å². The number of aromatic nitrogens is 2. The fourth-order valence-corrected chi connectivity index (χ4v) is 4.04. The first-order valence-corrected chi connectivity index (χ1v) is 9.98. The number of benzene rings is 1. The van der Waals surface area contributed by atoms with E-state index in [1.165, 1.54) is 0 Å². The molecular weight excluding hydrogens is 390 g/mol. The van der Waals surface area contributed by atoms with Gasteiger partial charge in [-0.05, 0) is 31.4 Å². The Labute approximate surface area is 171 Å². The molecule has 10 nitrogen and oxygen atoms in total. The SMILES string of the molecule is O=C1C[C@@H](C(=O)Nc2ccc3c(c2)OCO3)c2c(nc(N3CCCCC3)[nH]c2=O)N1. The Hall–Kier alpha value is -3.56. The lowest BCUT2D eigenvalue weighted by molar-refractivity contribution is -0.123. The third-order valence-electron chi connectivity index (χ3n) is 5.55. The second kappa shape index (κ2) is 7.36. The van der Waals surface area contributed by atoms with Gasteiger partial charge >= 0.3 is 0 Å². The van der Waals surface area contributed by atoms with Crippen molar-refractivity contribution in [1.29, 1.82) is 0 Å². The second-order valence-electron chi connectivity index (χ2n) is 7.56. The van der Waals surface area contributed by atoms with Crippen LogP contribution in [0.4, 0.5) is 17.5 Å². The number of rotatable bonds is 3. The Morgan fingerprint density at radius 1 is 1.13 bits per heavy atom. The highest BCUT2D eigenvalue weighted by Gasteiger charge is 2.35. The summed E-state index contributed by atoms with van der Waals surface area (Å²) >= 11 is 0. The molecule has 10 heteroatoms. The first-order valence-electron chi connectivity index (χ1n) is 9.98. The molecule has 3 N–H and O–H groups in total. The van der Waals surface area contributed by atoms with Crippen LogP contribution in [0.15, 0.2) is 23.0 Å². The minimum atomic E-state index is -0.939. The highest BCUT2D eigenvalue weighted by molar-refractivity contribution is 6.04. The van der Waals surface area contributed by atoms with Gasteiger partial charge in [0.2, 0.25) is 24.6 Å². The smallest absolute Gasteiger partial charge is 0.258 e. The molecule has 156 valence electrons. The van der Waals surface area contributed by atoms with Gasteiger partial charge in [0.1, 0.15) is 5.82 Å². The highest BCUT2D eigenvalue weighted by atomic mass is 16.7. The average molecular weight is 411 g/mol. The molecular formula is C20H21N5O5. The van der Waals surface area contributed by atoms with Gasteiger partial charge in [-0.3, -0.25) is 19.4 Å². The molecule has 0 bridgehead atoms. The largest absolute Gasteiger partial charge is 0.454 e. The number of carbonyl (C=O) groups excluding carboxylic acids is 2. The van der Waals surface area contributed by atoms with Crippen molar-refractivity contribution in [3.05, 3.63) is 34.1 Å². The van der Waals surface area contributed by atoms with Gasteiger partial charge in [0, 0.05) is 31.3 Å². The summed E-state index contributed by atoms with van der Waals surface area (Å²) < 4.78 is 10.6. The van der Waals surface area contributed by atoms with Gasteiger partial charge in [0.05, 0.1) is 11.5 Å². The molecule has 2 amide bonds. The summed E-state index contributed by atoms with van der Waals surface area (Å²) in [6, 6.07) is 5.02. The number of piperidine rings is 1. The van der Waals surface area contributed by atoms with E-state index >= 15 is 0 Å². The number of nitrogens with zero attached hydrogens (tertiary/aromatic N) is 2. The summed E-state index contributed by atoms with van der Waals surface area (Å²) in [5, 5.41) is 5.41. The van der Waals surface area contributed by atoms with Gasteiger partial charge < -0.3 is 25.0 Å². The molecule has 0 spiro atoms. The number of carbonyl (C=O) groups is 2. The van der Waals surface area contributed by atoms with Crippen LogP contribution in [0.3, 0.4) is 0 Å². The summed E-state index contributed by atoms with van der Waals surface area (Å²) in [4.78, 5) is 47.3. The van der Waals surface area contributed by atoms with Crippen LogP contribution in [0, 0.1) is 0 Å². The topological polar surface area (TPSA) is 126 Å². The number of hydrogen-bond acceptors (Lipinski definition) is 7. The van der Waals surface area contributed by atoms with Crippen LogP contribution in [-0.2, 0) is 9.59 Å². The average Bonchev–Trinajstić information content (AvgIpc) is 3.21. The van der Waals surface area contributed by atoms with Crippen molar-refractivity contribution in [3.8, 4) is 11.5 Å². The number of amides is 2. The Kier molecular flexibility index (Phi) is 4.53. The van der Waals surface area contributed by atoms with Gasteiger partial charge in [0.15, 0.2) is 11.5 Å². The fourth-order valence-electron chi connectivity index (χ4n) is 4.04. The van der Waals surface area contributed by atoms with Crippen LogP contribution in [0.5, 0.6) is 11.5 Å². The normalized spacial score (nSPS) is 19.8. The van der Waals surface area contributed by atoms with Crippen LogP contribution in [0.2, 0.25) is 0 Å². The van der Waals surface area contributed by atoms with Gasteiger partial charge in [-0.1, -0.05) is 0 Å². The molecule has 1 fully saturated rings. The van der Waals surface area contributed by atoms with Gasteiger partial charge in [-0.15, -0.1) is 0 Å². The summed E-state index contributed by atoms with van der Waals surface area (Å²) in [5.74, 6) is -0.0385. The maximum absolute atomic E-state index is 13.0. The van der Waals surface area contributed by atoms with E-state index in [9.17, 15) is 14.4 Å². The van der Waals surface area contributed by atoms with E-state index in [-0.39, 0.29) is 30.5 Å². The molecule has 4 heterocycles. The van der Waals surface area contributed by atoms with E-state index in [1.807, 2.05) is 4.90 Å². The second-order valence-corrected chi connectivity index (χ2v) is 7.56. The molecule has 1 aromatic heterocycles. The van der Waals surface area contributed by atoms with Crippen LogP contribution < -0.4 is 30.6 Å². The first-order chi connectivity index (χ1) is 14.6. The predicted molar refractivity (Wildman–Crippen MR) is 108 cm³/mol. The molecule has 1 atom stereocenters. The van der Waals surface area contributed by atoms with Crippen molar-refractivity contribution in [2.45, 2.75) is 31.6 Å². The van der Waals surface area contributed by atoms with E-state index in [0.717, 1.165) is 32.4 Å². The van der Waals surface area contributed by atoms with Gasteiger partial charge in [-0.2, -0.15) is 4.98 Å². The minimum Gasteiger partial charge on any atom is -0.454 e. The Morgan fingerprint density at radius 3 is 2.77 bits per heavy atom. The molecule has 0 unspecified atom stereocenters. The lowest BCUT2D eigenvalue weighted by Gasteiger charge is -2.29. The maximum Gasteiger partial charge on any atom is 0.258 e. The van der Waals surface area contributed by atoms with Crippen molar-refractivity contribution < 1.29 is 19.1 Å². The van der Waals surface area contributed by atoms with E-state index in [4.69, 9.17) is 9.47 Å². The lowest BCUT2D eigenvalue weighted by atomic mass is 9.92. The van der Waals surface area contributed by atoms with Crippen molar-refractivity contribution in [2.24, 2.45) is 0 Å². The summed E-state index contributed by atoms with van der Waals surface area (Å²) in [5.41, 5.74) is 0.256. The lowest BCUT2D eigenvalue weighted by Crippen LogP contribution is -2.38. The predicted octanol–water partition coefficient (Wildman–Crippen LogP) is 1.55. The molecule has 1 saturated heterocycles. The number of aromatic amines is 1. The monoisotopic (exact) mass is 411 g/mol. The Morgan fingerprint density at radius 2 is 1.93 bits per heavy atom. The van der Waals surface area contributed by atoms with E-state index in [1.54, 1.807) is 18.2 Å². The fraction of sp³-hybridized carbons (Fsp3) is 0.400. The molecule has 0 saturated carbocycles. The molecule has 5 rings (SSSR count). The molecule has 3 aliphatic heterocycles. The standard InChI is InChI=1S/C20H21N5O5/c26-15-9-12(18(27)21-11-4-5-13-14(8-11)30-10-29-13)16-17(22-15)23-20(24-19(16)28)25-6-2-1-3-7-25/h4-5,8,12H,1-3,6-7,9-10H2,(H,21,27)(H2,22,23,24,26,28)/t12-/m1/s1. The van der Waals surface area contributed by atoms with Gasteiger partial charge in [0.25, 0.3) is 5.56 Å². The Balaban J connectivity index is 1.43. The van der Waals surface area contributed by atoms with E-state index in [2.05, 4.69) is 20.6 Å². The summed E-state index contributed by atoms with van der Waals surface area (Å²) in [6.45, 7) is 1.72. The third kappa shape index (κ3) is 3.34. The molecule has 1 aromatic carbocycles. The molecule has 0 radical (unpaired) electrons. The Bertz CT molecular complexity index is 1080. The van der Waals surface area contributed by atoms with Crippen molar-refractivity contribution in [1.82, 2.24) is 9.97 Å². The zero-order chi connectivity index (χ0) is 20.7. The van der Waals surface area contributed by atoms with Crippen LogP contribution in [-0.4, -0.2) is 41.7 Å². The summed E-state index contributed by atoms with van der Waals surface area (Å²) in [6.07, 6.45) is 3.06. The van der Waals surface area contributed by atoms with Crippen LogP contribution in [0.1, 0.15) is 37.2 Å². The molecule has 2 aromatic rings. The summed E-state index contributed by atoms with van der Waals surface area (Å²) in [7, 11) is 0. The zero-order valence-electron chi connectivity index (χ0n) is 16.2. The maximum atomic E-state index is 13.0. The van der Waals surface area contributed by atoms with Crippen molar-refractivity contribution >= 4 is 29.3 Å². The number of H-pyrrole nitrogens is 1. The zero-order valence-corrected chi connectivity index (χ0v) is 16.2. The molecule has 30 heavy (non-hydrogen) atoms. The number of fused-ring (bicyclic) bond motifs is 2. The quantitative estimate of drug-likeness (QED) is 0.700. The van der Waals surface area contributed by atoms with Gasteiger partial charge in [-0.25, -0.2) is 0 Å². The number of hydrogen-bond donors (Lipinski definition) is 3. The van der Waals surface area contributed by atoms with Crippen molar-refractivity contribution in [3.63, 3.8) is 0 Å². The molecule has 0 aliphatic carbocycles. The number of nitrogens with one attached hydrogen (secondary N) is 3. The minimum absolute atomic E-state index is 0.128. The number of anilines is 3. The van der Waals surface area contributed by atoms with Crippen molar-refractivity contribution in [2.75, 3.05) is 35.4 Å². The van der Waals surface area contributed by atoms with Crippen LogP contribution >= 0.6 is 0 Å².